The van der Waals surface area contributed by atoms with Gasteiger partial charge in [0, 0.05) is 19.2 Å². The first-order valence-corrected chi connectivity index (χ1v) is 7.66. The molecular formula is C15H17Cl2NO4. The number of carbonyl (C=O) groups is 2. The van der Waals surface area contributed by atoms with Gasteiger partial charge >= 0.3 is 5.97 Å². The van der Waals surface area contributed by atoms with Crippen molar-refractivity contribution in [3.05, 3.63) is 28.2 Å². The van der Waals surface area contributed by atoms with Crippen LogP contribution in [0.4, 0.5) is 0 Å². The molecule has 1 fully saturated rings. The number of halogens is 2. The van der Waals surface area contributed by atoms with Gasteiger partial charge in [0.05, 0.1) is 15.5 Å². The van der Waals surface area contributed by atoms with Gasteiger partial charge in [-0.2, -0.15) is 0 Å². The standard InChI is InChI=1S/C15H17Cl2NO4/c1-15(14(20)21)5-2-6-18(9-15)13(19)8-22-10-3-4-11(16)12(17)7-10/h3-4,7H,2,5-6,8-9H2,1H3,(H,20,21). The van der Waals surface area contributed by atoms with Gasteiger partial charge in [-0.15, -0.1) is 0 Å². The van der Waals surface area contributed by atoms with E-state index in [4.69, 9.17) is 27.9 Å². The van der Waals surface area contributed by atoms with Crippen molar-refractivity contribution in [3.8, 4) is 5.75 Å². The molecule has 1 N–H and O–H groups in total. The van der Waals surface area contributed by atoms with Crippen molar-refractivity contribution in [1.29, 1.82) is 0 Å². The minimum atomic E-state index is -0.891. The molecule has 0 bridgehead atoms. The van der Waals surface area contributed by atoms with Crippen molar-refractivity contribution in [2.45, 2.75) is 19.8 Å². The van der Waals surface area contributed by atoms with E-state index in [0.29, 0.717) is 35.2 Å². The molecule has 1 amide bonds. The van der Waals surface area contributed by atoms with Crippen LogP contribution in [0.25, 0.3) is 0 Å². The SMILES string of the molecule is CC1(C(=O)O)CCCN(C(=O)COc2ccc(Cl)c(Cl)c2)C1. The quantitative estimate of drug-likeness (QED) is 0.910. The highest BCUT2D eigenvalue weighted by atomic mass is 35.5. The molecular weight excluding hydrogens is 329 g/mol. The number of carbonyl (C=O) groups excluding carboxylic acids is 1. The van der Waals surface area contributed by atoms with Gasteiger partial charge in [-0.3, -0.25) is 9.59 Å². The lowest BCUT2D eigenvalue weighted by molar-refractivity contribution is -0.153. The molecule has 120 valence electrons. The summed E-state index contributed by atoms with van der Waals surface area (Å²) in [5.41, 5.74) is -0.891. The first-order valence-electron chi connectivity index (χ1n) is 6.91. The van der Waals surface area contributed by atoms with Gasteiger partial charge in [0.1, 0.15) is 5.75 Å². The second-order valence-electron chi connectivity index (χ2n) is 5.65. The summed E-state index contributed by atoms with van der Waals surface area (Å²) in [6, 6.07) is 4.75. The van der Waals surface area contributed by atoms with E-state index >= 15 is 0 Å². The molecule has 2 rings (SSSR count). The molecule has 0 saturated carbocycles. The third kappa shape index (κ3) is 3.84. The second-order valence-corrected chi connectivity index (χ2v) is 6.46. The average Bonchev–Trinajstić information content (AvgIpc) is 2.48. The fourth-order valence-electron chi connectivity index (χ4n) is 2.43. The number of likely N-dealkylation sites (tertiary alicyclic amines) is 1. The number of aliphatic carboxylic acids is 1. The van der Waals surface area contributed by atoms with Crippen molar-refractivity contribution in [2.75, 3.05) is 19.7 Å². The Morgan fingerprint density at radius 3 is 2.73 bits per heavy atom. The van der Waals surface area contributed by atoms with Crippen LogP contribution in [-0.2, 0) is 9.59 Å². The molecule has 1 unspecified atom stereocenters. The van der Waals surface area contributed by atoms with Gasteiger partial charge < -0.3 is 14.7 Å². The molecule has 0 spiro atoms. The number of ether oxygens (including phenoxy) is 1. The van der Waals surface area contributed by atoms with Crippen molar-refractivity contribution < 1.29 is 19.4 Å². The van der Waals surface area contributed by atoms with Crippen molar-refractivity contribution in [1.82, 2.24) is 4.90 Å². The number of amides is 1. The molecule has 1 aromatic carbocycles. The predicted octanol–water partition coefficient (Wildman–Crippen LogP) is 3.09. The highest BCUT2D eigenvalue weighted by molar-refractivity contribution is 6.42. The Balaban J connectivity index is 1.94. The Morgan fingerprint density at radius 1 is 1.36 bits per heavy atom. The lowest BCUT2D eigenvalue weighted by atomic mass is 9.82. The number of nitrogens with zero attached hydrogens (tertiary/aromatic N) is 1. The lowest BCUT2D eigenvalue weighted by Gasteiger charge is -2.37. The van der Waals surface area contributed by atoms with Crippen molar-refractivity contribution >= 4 is 35.1 Å². The Labute approximate surface area is 138 Å². The molecule has 1 heterocycles. The van der Waals surface area contributed by atoms with Crippen molar-refractivity contribution in [3.63, 3.8) is 0 Å². The number of rotatable bonds is 4. The van der Waals surface area contributed by atoms with E-state index in [0.717, 1.165) is 0 Å². The third-order valence-electron chi connectivity index (χ3n) is 3.82. The molecule has 0 radical (unpaired) electrons. The number of piperidine rings is 1. The Morgan fingerprint density at radius 2 is 2.09 bits per heavy atom. The average molecular weight is 346 g/mol. The summed E-state index contributed by atoms with van der Waals surface area (Å²) in [5, 5.41) is 10.0. The zero-order valence-corrected chi connectivity index (χ0v) is 13.7. The maximum atomic E-state index is 12.2. The van der Waals surface area contributed by atoms with Crippen LogP contribution in [0.1, 0.15) is 19.8 Å². The third-order valence-corrected chi connectivity index (χ3v) is 4.56. The summed E-state index contributed by atoms with van der Waals surface area (Å²) in [7, 11) is 0. The van der Waals surface area contributed by atoms with Gasteiger partial charge in [-0.1, -0.05) is 23.2 Å². The summed E-state index contributed by atoms with van der Waals surface area (Å²) < 4.78 is 5.40. The summed E-state index contributed by atoms with van der Waals surface area (Å²) in [6.07, 6.45) is 1.24. The van der Waals surface area contributed by atoms with Crippen LogP contribution in [-0.4, -0.2) is 41.6 Å². The molecule has 1 aliphatic heterocycles. The summed E-state index contributed by atoms with van der Waals surface area (Å²) in [6.45, 7) is 2.25. The molecule has 5 nitrogen and oxygen atoms in total. The highest BCUT2D eigenvalue weighted by Crippen LogP contribution is 2.30. The normalized spacial score (nSPS) is 21.5. The van der Waals surface area contributed by atoms with E-state index < -0.39 is 11.4 Å². The lowest BCUT2D eigenvalue weighted by Crippen LogP contribution is -2.49. The number of carboxylic acids is 1. The zero-order chi connectivity index (χ0) is 16.3. The number of hydrogen-bond donors (Lipinski definition) is 1. The van der Waals surface area contributed by atoms with Gasteiger partial charge in [0.15, 0.2) is 6.61 Å². The molecule has 7 heteroatoms. The van der Waals surface area contributed by atoms with Gasteiger partial charge in [0.25, 0.3) is 5.91 Å². The number of carboxylic acid groups (broad SMARTS) is 1. The molecule has 1 saturated heterocycles. The Kier molecular flexibility index (Phi) is 5.19. The molecule has 1 atom stereocenters. The Bertz CT molecular complexity index is 593. The summed E-state index contributed by atoms with van der Waals surface area (Å²) in [4.78, 5) is 25.0. The van der Waals surface area contributed by atoms with E-state index in [9.17, 15) is 14.7 Å². The van der Waals surface area contributed by atoms with Crippen LogP contribution < -0.4 is 4.74 Å². The Hall–Kier alpha value is -1.46. The maximum Gasteiger partial charge on any atom is 0.311 e. The smallest absolute Gasteiger partial charge is 0.311 e. The van der Waals surface area contributed by atoms with Crippen LogP contribution in [0.5, 0.6) is 5.75 Å². The first-order chi connectivity index (χ1) is 10.3. The van der Waals surface area contributed by atoms with Crippen molar-refractivity contribution in [2.24, 2.45) is 5.41 Å². The maximum absolute atomic E-state index is 12.2. The van der Waals surface area contributed by atoms with Crippen LogP contribution in [0.2, 0.25) is 10.0 Å². The molecule has 22 heavy (non-hydrogen) atoms. The van der Waals surface area contributed by atoms with E-state index in [1.165, 1.54) is 11.0 Å². The highest BCUT2D eigenvalue weighted by Gasteiger charge is 2.39. The van der Waals surface area contributed by atoms with Crippen LogP contribution >= 0.6 is 23.2 Å². The topological polar surface area (TPSA) is 66.8 Å². The van der Waals surface area contributed by atoms with E-state index in [1.54, 1.807) is 19.1 Å². The zero-order valence-electron chi connectivity index (χ0n) is 12.1. The molecule has 0 aliphatic carbocycles. The molecule has 0 aromatic heterocycles. The fraction of sp³-hybridized carbons (Fsp3) is 0.467. The monoisotopic (exact) mass is 345 g/mol. The summed E-state index contributed by atoms with van der Waals surface area (Å²) in [5.74, 6) is -0.672. The largest absolute Gasteiger partial charge is 0.484 e. The minimum Gasteiger partial charge on any atom is -0.484 e. The van der Waals surface area contributed by atoms with E-state index in [-0.39, 0.29) is 19.1 Å². The van der Waals surface area contributed by atoms with E-state index in [2.05, 4.69) is 0 Å². The van der Waals surface area contributed by atoms with Gasteiger partial charge in [-0.25, -0.2) is 0 Å². The van der Waals surface area contributed by atoms with Crippen LogP contribution in [0.15, 0.2) is 18.2 Å². The predicted molar refractivity (Wildman–Crippen MR) is 83.5 cm³/mol. The van der Waals surface area contributed by atoms with E-state index in [1.807, 2.05) is 0 Å². The number of benzene rings is 1. The minimum absolute atomic E-state index is 0.159. The van der Waals surface area contributed by atoms with Crippen LogP contribution in [0.3, 0.4) is 0 Å². The van der Waals surface area contributed by atoms with Crippen LogP contribution in [0, 0.1) is 5.41 Å². The number of hydrogen-bond acceptors (Lipinski definition) is 3. The summed E-state index contributed by atoms with van der Waals surface area (Å²) >= 11 is 11.7. The molecule has 1 aromatic rings. The second kappa shape index (κ2) is 6.75. The van der Waals surface area contributed by atoms with Gasteiger partial charge in [0.2, 0.25) is 0 Å². The molecule has 1 aliphatic rings. The fourth-order valence-corrected chi connectivity index (χ4v) is 2.72. The van der Waals surface area contributed by atoms with Gasteiger partial charge in [-0.05, 0) is 31.9 Å². The first kappa shape index (κ1) is 16.9.